The number of aryl methyl sites for hydroxylation is 2. The molecule has 2 amide bonds. The summed E-state index contributed by atoms with van der Waals surface area (Å²) in [6.07, 6.45) is 1.10. The number of sulfone groups is 1. The highest BCUT2D eigenvalue weighted by atomic mass is 35.5. The molecule has 202 valence electrons. The first-order valence-corrected chi connectivity index (χ1v) is 14.5. The van der Waals surface area contributed by atoms with Crippen molar-refractivity contribution in [3.8, 4) is 0 Å². The fourth-order valence-electron chi connectivity index (χ4n) is 5.61. The Kier molecular flexibility index (Phi) is 6.30. The standard InChI is InChI=1S/C28H32ClN3O5S/c1-16-8-17(2)10-20(9-16)38(35,36)24-21-11-18(29)6-7-22(21)31-23(24)25(33)30-19-12-28(13-19)14-32(15-28)26(34)37-27(3,4)5/h6-11,19,31H,12-15H2,1-5H3,(H,30,33). The molecular weight excluding hydrogens is 526 g/mol. The van der Waals surface area contributed by atoms with E-state index in [1.54, 1.807) is 35.2 Å². The zero-order valence-electron chi connectivity index (χ0n) is 22.1. The van der Waals surface area contributed by atoms with Crippen LogP contribution in [0.1, 0.15) is 55.2 Å². The van der Waals surface area contributed by atoms with Crippen molar-refractivity contribution in [1.29, 1.82) is 0 Å². The van der Waals surface area contributed by atoms with Gasteiger partial charge in [0.05, 0.1) is 4.90 Å². The van der Waals surface area contributed by atoms with Crippen LogP contribution in [0, 0.1) is 19.3 Å². The molecule has 10 heteroatoms. The summed E-state index contributed by atoms with van der Waals surface area (Å²) in [5, 5.41) is 3.75. The van der Waals surface area contributed by atoms with Gasteiger partial charge in [-0.1, -0.05) is 17.7 Å². The summed E-state index contributed by atoms with van der Waals surface area (Å²) in [7, 11) is -4.04. The molecular formula is C28H32ClN3O5S. The molecule has 0 unspecified atom stereocenters. The maximum Gasteiger partial charge on any atom is 0.410 e. The van der Waals surface area contributed by atoms with Gasteiger partial charge in [-0.2, -0.15) is 0 Å². The summed E-state index contributed by atoms with van der Waals surface area (Å²) in [6, 6.07) is 9.89. The molecule has 1 saturated carbocycles. The summed E-state index contributed by atoms with van der Waals surface area (Å²) < 4.78 is 33.2. The number of fused-ring (bicyclic) bond motifs is 1. The fraction of sp³-hybridized carbons (Fsp3) is 0.429. The van der Waals surface area contributed by atoms with Gasteiger partial charge in [-0.3, -0.25) is 4.79 Å². The molecule has 1 spiro atoms. The van der Waals surface area contributed by atoms with Crippen LogP contribution in [0.25, 0.3) is 10.9 Å². The van der Waals surface area contributed by atoms with Crippen LogP contribution in [-0.2, 0) is 14.6 Å². The molecule has 2 N–H and O–H groups in total. The van der Waals surface area contributed by atoms with E-state index >= 15 is 0 Å². The Morgan fingerprint density at radius 3 is 2.32 bits per heavy atom. The Labute approximate surface area is 227 Å². The fourth-order valence-corrected chi connectivity index (χ4v) is 7.57. The molecule has 8 nitrogen and oxygen atoms in total. The van der Waals surface area contributed by atoms with Crippen molar-refractivity contribution in [3.05, 3.63) is 58.2 Å². The third-order valence-corrected chi connectivity index (χ3v) is 9.17. The first-order valence-electron chi connectivity index (χ1n) is 12.6. The van der Waals surface area contributed by atoms with Crippen LogP contribution in [0.5, 0.6) is 0 Å². The van der Waals surface area contributed by atoms with Crippen molar-refractivity contribution in [1.82, 2.24) is 15.2 Å². The van der Waals surface area contributed by atoms with Crippen LogP contribution >= 0.6 is 11.6 Å². The highest BCUT2D eigenvalue weighted by Gasteiger charge is 2.55. The molecule has 0 radical (unpaired) electrons. The largest absolute Gasteiger partial charge is 0.444 e. The molecule has 2 aromatic carbocycles. The predicted molar refractivity (Wildman–Crippen MR) is 145 cm³/mol. The molecule has 2 heterocycles. The summed E-state index contributed by atoms with van der Waals surface area (Å²) in [6.45, 7) is 10.4. The lowest BCUT2D eigenvalue weighted by Gasteiger charge is -2.58. The van der Waals surface area contributed by atoms with Crippen LogP contribution in [0.2, 0.25) is 5.02 Å². The predicted octanol–water partition coefficient (Wildman–Crippen LogP) is 5.40. The van der Waals surface area contributed by atoms with Gasteiger partial charge in [0.15, 0.2) is 0 Å². The van der Waals surface area contributed by atoms with Gasteiger partial charge in [-0.15, -0.1) is 0 Å². The number of ether oxygens (including phenoxy) is 1. The molecule has 1 saturated heterocycles. The maximum absolute atomic E-state index is 13.9. The van der Waals surface area contributed by atoms with E-state index in [4.69, 9.17) is 16.3 Å². The lowest BCUT2D eigenvalue weighted by atomic mass is 9.61. The SMILES string of the molecule is Cc1cc(C)cc(S(=O)(=O)c2c(C(=O)NC3CC4(C3)CN(C(=O)OC(C)(C)C)C4)[nH]c3ccc(Cl)cc23)c1. The number of H-pyrrole nitrogens is 1. The summed E-state index contributed by atoms with van der Waals surface area (Å²) in [5.41, 5.74) is 1.55. The summed E-state index contributed by atoms with van der Waals surface area (Å²) >= 11 is 6.22. The molecule has 3 aromatic rings. The van der Waals surface area contributed by atoms with E-state index < -0.39 is 21.3 Å². The van der Waals surface area contributed by atoms with E-state index in [2.05, 4.69) is 10.3 Å². The Balaban J connectivity index is 1.36. The van der Waals surface area contributed by atoms with Crippen molar-refractivity contribution in [3.63, 3.8) is 0 Å². The Morgan fingerprint density at radius 1 is 1.08 bits per heavy atom. The van der Waals surface area contributed by atoms with Gasteiger partial charge in [0.2, 0.25) is 9.84 Å². The van der Waals surface area contributed by atoms with Gasteiger partial charge < -0.3 is 19.9 Å². The van der Waals surface area contributed by atoms with Gasteiger partial charge >= 0.3 is 6.09 Å². The number of aromatic amines is 1. The highest BCUT2D eigenvalue weighted by Crippen LogP contribution is 2.49. The Bertz CT molecular complexity index is 1540. The van der Waals surface area contributed by atoms with Crippen molar-refractivity contribution in [2.75, 3.05) is 13.1 Å². The van der Waals surface area contributed by atoms with Gasteiger partial charge in [0.25, 0.3) is 5.91 Å². The van der Waals surface area contributed by atoms with Crippen LogP contribution in [0.4, 0.5) is 4.79 Å². The van der Waals surface area contributed by atoms with Gasteiger partial charge in [-0.25, -0.2) is 13.2 Å². The second-order valence-electron chi connectivity index (χ2n) is 11.8. The topological polar surface area (TPSA) is 109 Å². The van der Waals surface area contributed by atoms with Gasteiger partial charge in [-0.05, 0) is 88.9 Å². The average Bonchev–Trinajstić information content (AvgIpc) is 3.11. The van der Waals surface area contributed by atoms with Crippen LogP contribution < -0.4 is 5.32 Å². The number of likely N-dealkylation sites (tertiary alicyclic amines) is 1. The molecule has 0 atom stereocenters. The second-order valence-corrected chi connectivity index (χ2v) is 14.1. The van der Waals surface area contributed by atoms with E-state index in [0.717, 1.165) is 11.1 Å². The average molecular weight is 558 g/mol. The minimum Gasteiger partial charge on any atom is -0.444 e. The first kappa shape index (κ1) is 26.6. The Morgan fingerprint density at radius 2 is 1.71 bits per heavy atom. The van der Waals surface area contributed by atoms with E-state index in [0.29, 0.717) is 41.9 Å². The molecule has 5 rings (SSSR count). The number of carbonyl (C=O) groups is 2. The van der Waals surface area contributed by atoms with E-state index in [-0.39, 0.29) is 33.0 Å². The molecule has 38 heavy (non-hydrogen) atoms. The number of aromatic nitrogens is 1. The third-order valence-electron chi connectivity index (χ3n) is 7.11. The number of carbonyl (C=O) groups excluding carboxylic acids is 2. The number of hydrogen-bond donors (Lipinski definition) is 2. The van der Waals surface area contributed by atoms with Crippen LogP contribution in [-0.4, -0.2) is 55.0 Å². The maximum atomic E-state index is 13.9. The van der Waals surface area contributed by atoms with Crippen molar-refractivity contribution in [2.24, 2.45) is 5.41 Å². The van der Waals surface area contributed by atoms with E-state index in [1.807, 2.05) is 40.7 Å². The molecule has 1 aliphatic heterocycles. The van der Waals surface area contributed by atoms with Crippen molar-refractivity contribution >= 4 is 44.3 Å². The minimum atomic E-state index is -4.04. The Hall–Kier alpha value is -3.04. The normalized spacial score (nSPS) is 17.3. The quantitative estimate of drug-likeness (QED) is 0.446. The monoisotopic (exact) mass is 557 g/mol. The first-order chi connectivity index (χ1) is 17.7. The zero-order chi connectivity index (χ0) is 27.6. The van der Waals surface area contributed by atoms with E-state index in [9.17, 15) is 18.0 Å². The molecule has 1 aliphatic carbocycles. The van der Waals surface area contributed by atoms with Crippen LogP contribution in [0.15, 0.2) is 46.2 Å². The summed E-state index contributed by atoms with van der Waals surface area (Å²) in [5.74, 6) is -0.483. The van der Waals surface area contributed by atoms with E-state index in [1.165, 1.54) is 0 Å². The molecule has 1 aromatic heterocycles. The van der Waals surface area contributed by atoms with Crippen molar-refractivity contribution < 1.29 is 22.7 Å². The number of nitrogens with one attached hydrogen (secondary N) is 2. The number of benzene rings is 2. The number of amides is 2. The summed E-state index contributed by atoms with van der Waals surface area (Å²) in [4.78, 5) is 30.5. The molecule has 2 aliphatic rings. The number of hydrogen-bond acceptors (Lipinski definition) is 5. The van der Waals surface area contributed by atoms with Crippen LogP contribution in [0.3, 0.4) is 0 Å². The molecule has 0 bridgehead atoms. The number of nitrogens with zero attached hydrogens (tertiary/aromatic N) is 1. The number of rotatable bonds is 4. The lowest BCUT2D eigenvalue weighted by molar-refractivity contribution is -0.0813. The second kappa shape index (κ2) is 9.02. The smallest absolute Gasteiger partial charge is 0.410 e. The number of halogens is 1. The molecule has 2 fully saturated rings. The van der Waals surface area contributed by atoms with Gasteiger partial charge in [0.1, 0.15) is 16.2 Å². The minimum absolute atomic E-state index is 0.00799. The highest BCUT2D eigenvalue weighted by molar-refractivity contribution is 7.91. The third kappa shape index (κ3) is 4.89. The van der Waals surface area contributed by atoms with Gasteiger partial charge in [0, 0.05) is 40.5 Å². The zero-order valence-corrected chi connectivity index (χ0v) is 23.7. The lowest BCUT2D eigenvalue weighted by Crippen LogP contribution is -2.67. The van der Waals surface area contributed by atoms with Crippen molar-refractivity contribution in [2.45, 2.75) is 68.9 Å².